The molecule has 0 aromatic carbocycles. The van der Waals surface area contributed by atoms with Gasteiger partial charge in [0.25, 0.3) is 0 Å². The highest BCUT2D eigenvalue weighted by atomic mass is 15.2. The number of hydrogen-bond donors (Lipinski definition) is 0. The van der Waals surface area contributed by atoms with Crippen molar-refractivity contribution in [2.24, 2.45) is 5.92 Å². The second-order valence-electron chi connectivity index (χ2n) is 6.30. The van der Waals surface area contributed by atoms with Crippen LogP contribution in [0.3, 0.4) is 0 Å². The Balaban J connectivity index is 1.42. The van der Waals surface area contributed by atoms with Crippen LogP contribution in [0.1, 0.15) is 17.8 Å². The molecule has 114 valence electrons. The third kappa shape index (κ3) is 2.52. The van der Waals surface area contributed by atoms with E-state index in [1.165, 1.54) is 23.3 Å². The van der Waals surface area contributed by atoms with Gasteiger partial charge in [-0.1, -0.05) is 6.07 Å². The average Bonchev–Trinajstić information content (AvgIpc) is 3.14. The fourth-order valence-electron chi connectivity index (χ4n) is 3.49. The molecule has 5 nitrogen and oxygen atoms in total. The van der Waals surface area contributed by atoms with Crippen molar-refractivity contribution < 1.29 is 0 Å². The summed E-state index contributed by atoms with van der Waals surface area (Å²) >= 11 is 0. The number of imidazole rings is 1. The molecular weight excluding hydrogens is 274 g/mol. The maximum atomic E-state index is 4.42. The van der Waals surface area contributed by atoms with Crippen LogP contribution in [0.2, 0.25) is 0 Å². The Hall–Kier alpha value is -2.14. The van der Waals surface area contributed by atoms with Crippen molar-refractivity contribution >= 4 is 5.52 Å². The number of rotatable bonds is 4. The first-order valence-corrected chi connectivity index (χ1v) is 7.89. The number of pyridine rings is 1. The summed E-state index contributed by atoms with van der Waals surface area (Å²) in [6.07, 6.45) is 10.3. The van der Waals surface area contributed by atoms with Gasteiger partial charge in [0.1, 0.15) is 5.82 Å². The molecule has 1 aliphatic rings. The molecule has 1 unspecified atom stereocenters. The predicted octanol–water partition coefficient (Wildman–Crippen LogP) is 2.23. The van der Waals surface area contributed by atoms with Crippen molar-refractivity contribution in [1.82, 2.24) is 24.1 Å². The lowest BCUT2D eigenvalue weighted by atomic mass is 9.99. The van der Waals surface area contributed by atoms with Crippen LogP contribution < -0.4 is 0 Å². The van der Waals surface area contributed by atoms with Crippen LogP contribution in [0.25, 0.3) is 5.52 Å². The summed E-state index contributed by atoms with van der Waals surface area (Å²) in [4.78, 5) is 6.82. The van der Waals surface area contributed by atoms with Crippen molar-refractivity contribution in [2.45, 2.75) is 25.9 Å². The summed E-state index contributed by atoms with van der Waals surface area (Å²) in [5, 5.41) is 4.42. The molecule has 0 fully saturated rings. The Morgan fingerprint density at radius 3 is 3.23 bits per heavy atom. The SMILES string of the molecule is CN(Cc1cnn2ccccc12)CC1CCc2nccn2C1. The summed E-state index contributed by atoms with van der Waals surface area (Å²) in [5.74, 6) is 1.94. The van der Waals surface area contributed by atoms with Crippen molar-refractivity contribution in [1.29, 1.82) is 0 Å². The second-order valence-corrected chi connectivity index (χ2v) is 6.30. The number of aromatic nitrogens is 4. The fourth-order valence-corrected chi connectivity index (χ4v) is 3.49. The van der Waals surface area contributed by atoms with Gasteiger partial charge < -0.3 is 9.47 Å². The first-order valence-electron chi connectivity index (χ1n) is 7.89. The normalized spacial score (nSPS) is 18.0. The minimum absolute atomic E-state index is 0.702. The number of aryl methyl sites for hydroxylation is 1. The van der Waals surface area contributed by atoms with Gasteiger partial charge in [0, 0.05) is 50.2 Å². The van der Waals surface area contributed by atoms with Crippen molar-refractivity contribution in [3.8, 4) is 0 Å². The van der Waals surface area contributed by atoms with Crippen LogP contribution in [0.5, 0.6) is 0 Å². The molecular formula is C17H21N5. The molecule has 0 aliphatic carbocycles. The number of nitrogens with zero attached hydrogens (tertiary/aromatic N) is 5. The molecule has 3 aromatic heterocycles. The van der Waals surface area contributed by atoms with Gasteiger partial charge in [0.05, 0.1) is 11.7 Å². The molecule has 4 heterocycles. The zero-order valence-electron chi connectivity index (χ0n) is 12.9. The zero-order chi connectivity index (χ0) is 14.9. The maximum Gasteiger partial charge on any atom is 0.108 e. The molecule has 0 N–H and O–H groups in total. The quantitative estimate of drug-likeness (QED) is 0.741. The Kier molecular flexibility index (Phi) is 3.42. The molecule has 0 saturated heterocycles. The van der Waals surface area contributed by atoms with Crippen LogP contribution >= 0.6 is 0 Å². The number of hydrogen-bond acceptors (Lipinski definition) is 3. The lowest BCUT2D eigenvalue weighted by Crippen LogP contribution is -2.31. The smallest absolute Gasteiger partial charge is 0.108 e. The third-order valence-corrected chi connectivity index (χ3v) is 4.55. The van der Waals surface area contributed by atoms with Crippen molar-refractivity contribution in [3.63, 3.8) is 0 Å². The largest absolute Gasteiger partial charge is 0.335 e. The summed E-state index contributed by atoms with van der Waals surface area (Å²) < 4.78 is 4.25. The van der Waals surface area contributed by atoms with Crippen LogP contribution in [-0.2, 0) is 19.5 Å². The average molecular weight is 295 g/mol. The van der Waals surface area contributed by atoms with E-state index in [4.69, 9.17) is 0 Å². The van der Waals surface area contributed by atoms with Crippen LogP contribution in [0.15, 0.2) is 43.0 Å². The van der Waals surface area contributed by atoms with E-state index in [9.17, 15) is 0 Å². The summed E-state index contributed by atoms with van der Waals surface area (Å²) in [7, 11) is 2.20. The van der Waals surface area contributed by atoms with Gasteiger partial charge in [-0.05, 0) is 31.5 Å². The van der Waals surface area contributed by atoms with Gasteiger partial charge in [0.2, 0.25) is 0 Å². The second kappa shape index (κ2) is 5.57. The van der Waals surface area contributed by atoms with Gasteiger partial charge in [-0.2, -0.15) is 5.10 Å². The van der Waals surface area contributed by atoms with Crippen LogP contribution in [0.4, 0.5) is 0 Å². The monoisotopic (exact) mass is 295 g/mol. The highest BCUT2D eigenvalue weighted by Gasteiger charge is 2.20. The van der Waals surface area contributed by atoms with Crippen molar-refractivity contribution in [2.75, 3.05) is 13.6 Å². The molecule has 5 heteroatoms. The van der Waals surface area contributed by atoms with Gasteiger partial charge in [-0.25, -0.2) is 9.50 Å². The van der Waals surface area contributed by atoms with Gasteiger partial charge in [-0.15, -0.1) is 0 Å². The van der Waals surface area contributed by atoms with E-state index >= 15 is 0 Å². The van der Waals surface area contributed by atoms with Gasteiger partial charge in [0.15, 0.2) is 0 Å². The Morgan fingerprint density at radius 1 is 1.32 bits per heavy atom. The highest BCUT2D eigenvalue weighted by molar-refractivity contribution is 5.53. The number of fused-ring (bicyclic) bond motifs is 2. The maximum absolute atomic E-state index is 4.42. The molecule has 0 saturated carbocycles. The molecule has 0 radical (unpaired) electrons. The first-order chi connectivity index (χ1) is 10.8. The van der Waals surface area contributed by atoms with E-state index in [2.05, 4.69) is 44.9 Å². The van der Waals surface area contributed by atoms with Crippen molar-refractivity contribution in [3.05, 3.63) is 54.4 Å². The molecule has 0 spiro atoms. The molecule has 0 amide bonds. The first kappa shape index (κ1) is 13.5. The van der Waals surface area contributed by atoms with Crippen LogP contribution in [-0.4, -0.2) is 37.7 Å². The van der Waals surface area contributed by atoms with E-state index in [-0.39, 0.29) is 0 Å². The predicted molar refractivity (Wildman–Crippen MR) is 85.6 cm³/mol. The minimum atomic E-state index is 0.702. The molecule has 0 bridgehead atoms. The Morgan fingerprint density at radius 2 is 2.27 bits per heavy atom. The highest BCUT2D eigenvalue weighted by Crippen LogP contribution is 2.20. The van der Waals surface area contributed by atoms with E-state index < -0.39 is 0 Å². The minimum Gasteiger partial charge on any atom is -0.335 e. The topological polar surface area (TPSA) is 38.4 Å². The fraction of sp³-hybridized carbons (Fsp3) is 0.412. The standard InChI is InChI=1S/C17H21N5/c1-20(11-14-5-6-17-18-7-9-21(17)12-14)13-15-10-19-22-8-3-2-4-16(15)22/h2-4,7-10,14H,5-6,11-13H2,1H3. The zero-order valence-corrected chi connectivity index (χ0v) is 12.9. The van der Waals surface area contributed by atoms with Crippen LogP contribution in [0, 0.1) is 5.92 Å². The summed E-state index contributed by atoms with van der Waals surface area (Å²) in [5.41, 5.74) is 2.50. The van der Waals surface area contributed by atoms with Gasteiger partial charge in [-0.3, -0.25) is 0 Å². The Labute approximate surface area is 130 Å². The van der Waals surface area contributed by atoms with E-state index in [0.717, 1.165) is 26.1 Å². The summed E-state index contributed by atoms with van der Waals surface area (Å²) in [6.45, 7) is 3.15. The van der Waals surface area contributed by atoms with E-state index in [1.807, 2.05) is 29.2 Å². The molecule has 1 atom stereocenters. The molecule has 22 heavy (non-hydrogen) atoms. The Bertz CT molecular complexity index is 772. The molecule has 4 rings (SSSR count). The molecule has 3 aromatic rings. The molecule has 1 aliphatic heterocycles. The van der Waals surface area contributed by atoms with E-state index in [0.29, 0.717) is 5.92 Å². The lowest BCUT2D eigenvalue weighted by molar-refractivity contribution is 0.229. The third-order valence-electron chi connectivity index (χ3n) is 4.55. The summed E-state index contributed by atoms with van der Waals surface area (Å²) in [6, 6.07) is 6.22. The van der Waals surface area contributed by atoms with Gasteiger partial charge >= 0.3 is 0 Å². The van der Waals surface area contributed by atoms with E-state index in [1.54, 1.807) is 0 Å². The lowest BCUT2D eigenvalue weighted by Gasteiger charge is -2.28.